The largest absolute Gasteiger partial charge is 0.479 e. The van der Waals surface area contributed by atoms with Crippen LogP contribution in [0.3, 0.4) is 0 Å². The Kier molecular flexibility index (Phi) is 7.45. The molecule has 0 saturated heterocycles. The number of ether oxygens (including phenoxy) is 2. The lowest BCUT2D eigenvalue weighted by Gasteiger charge is -2.26. The number of amides is 2. The van der Waals surface area contributed by atoms with Crippen LogP contribution in [0.5, 0.6) is 0 Å². The van der Waals surface area contributed by atoms with Crippen LogP contribution in [0.25, 0.3) is 11.1 Å². The number of nitrogens with one attached hydrogen (secondary N) is 2. The zero-order chi connectivity index (χ0) is 25.0. The summed E-state index contributed by atoms with van der Waals surface area (Å²) in [4.78, 5) is 35.8. The number of rotatable bonds is 8. The molecule has 2 aromatic carbocycles. The molecule has 1 aliphatic rings. The summed E-state index contributed by atoms with van der Waals surface area (Å²) in [5.41, 5.74) is 3.91. The van der Waals surface area contributed by atoms with Crippen LogP contribution in [0.4, 0.5) is 18.0 Å². The van der Waals surface area contributed by atoms with Crippen molar-refractivity contribution in [3.63, 3.8) is 0 Å². The standard InChI is InChI=1S/C23H23F3N2O6/c1-12(33-2)18(20(29)28-19(21(30)31)23(24,25)26)27-22(32)34-11-17-15-9-5-3-7-13(15)14-8-4-6-10-16(14)17/h3-10,12,17-19H,11H2,1-2H3,(H,27,32)(H,28,29)(H,30,31)/t12-,18+,19?/m1/s1. The van der Waals surface area contributed by atoms with Crippen molar-refractivity contribution in [1.29, 1.82) is 0 Å². The highest BCUT2D eigenvalue weighted by atomic mass is 19.4. The average molecular weight is 480 g/mol. The number of carbonyl (C=O) groups is 3. The molecule has 0 heterocycles. The van der Waals surface area contributed by atoms with Crippen LogP contribution < -0.4 is 10.6 Å². The second-order valence-electron chi connectivity index (χ2n) is 7.71. The van der Waals surface area contributed by atoms with Gasteiger partial charge in [-0.05, 0) is 29.2 Å². The van der Waals surface area contributed by atoms with Crippen molar-refractivity contribution in [3.8, 4) is 11.1 Å². The van der Waals surface area contributed by atoms with Crippen molar-refractivity contribution in [2.75, 3.05) is 13.7 Å². The predicted molar refractivity (Wildman–Crippen MR) is 114 cm³/mol. The molecule has 0 aliphatic heterocycles. The van der Waals surface area contributed by atoms with Gasteiger partial charge in [-0.1, -0.05) is 48.5 Å². The monoisotopic (exact) mass is 480 g/mol. The lowest BCUT2D eigenvalue weighted by Crippen LogP contribution is -2.59. The number of methoxy groups -OCH3 is 1. The van der Waals surface area contributed by atoms with Gasteiger partial charge in [0.25, 0.3) is 0 Å². The molecule has 0 aromatic heterocycles. The first-order valence-electron chi connectivity index (χ1n) is 10.3. The minimum atomic E-state index is -5.23. The predicted octanol–water partition coefficient (Wildman–Crippen LogP) is 3.06. The third-order valence-electron chi connectivity index (χ3n) is 5.60. The van der Waals surface area contributed by atoms with Crippen molar-refractivity contribution in [2.45, 2.75) is 37.2 Å². The molecule has 2 aromatic rings. The zero-order valence-electron chi connectivity index (χ0n) is 18.3. The first-order chi connectivity index (χ1) is 16.0. The number of halogens is 3. The SMILES string of the molecule is CO[C@H](C)[C@H](NC(=O)OCC1c2ccccc2-c2ccccc21)C(=O)NC(C(=O)O)C(F)(F)F. The van der Waals surface area contributed by atoms with Crippen LogP contribution in [0.15, 0.2) is 48.5 Å². The van der Waals surface area contributed by atoms with Gasteiger partial charge < -0.3 is 25.2 Å². The maximum absolute atomic E-state index is 12.9. The fourth-order valence-corrected chi connectivity index (χ4v) is 3.81. The minimum absolute atomic E-state index is 0.0874. The molecule has 182 valence electrons. The van der Waals surface area contributed by atoms with E-state index in [1.807, 2.05) is 48.5 Å². The van der Waals surface area contributed by atoms with E-state index in [9.17, 15) is 27.6 Å². The van der Waals surface area contributed by atoms with E-state index >= 15 is 0 Å². The van der Waals surface area contributed by atoms with Crippen LogP contribution in [-0.2, 0) is 19.1 Å². The number of carboxylic acids is 1. The van der Waals surface area contributed by atoms with Gasteiger partial charge in [0.1, 0.15) is 12.6 Å². The van der Waals surface area contributed by atoms with Crippen LogP contribution in [0.1, 0.15) is 24.0 Å². The van der Waals surface area contributed by atoms with Gasteiger partial charge in [0.15, 0.2) is 0 Å². The number of carboxylic acid groups (broad SMARTS) is 1. The van der Waals surface area contributed by atoms with E-state index in [1.165, 1.54) is 19.4 Å². The number of aliphatic carboxylic acids is 1. The van der Waals surface area contributed by atoms with E-state index in [0.29, 0.717) is 0 Å². The smallest absolute Gasteiger partial charge is 0.419 e. The molecule has 11 heteroatoms. The molecule has 0 fully saturated rings. The van der Waals surface area contributed by atoms with Gasteiger partial charge in [0, 0.05) is 13.0 Å². The van der Waals surface area contributed by atoms with Gasteiger partial charge in [-0.25, -0.2) is 9.59 Å². The van der Waals surface area contributed by atoms with Gasteiger partial charge in [0.05, 0.1) is 6.10 Å². The third kappa shape index (κ3) is 5.30. The van der Waals surface area contributed by atoms with Crippen LogP contribution in [-0.4, -0.2) is 61.2 Å². The average Bonchev–Trinajstić information content (AvgIpc) is 3.11. The van der Waals surface area contributed by atoms with Gasteiger partial charge in [0.2, 0.25) is 11.9 Å². The maximum atomic E-state index is 12.9. The summed E-state index contributed by atoms with van der Waals surface area (Å²) >= 11 is 0. The Labute approximate surface area is 193 Å². The van der Waals surface area contributed by atoms with Crippen molar-refractivity contribution >= 4 is 18.0 Å². The Morgan fingerprint density at radius 2 is 1.53 bits per heavy atom. The lowest BCUT2D eigenvalue weighted by atomic mass is 9.98. The highest BCUT2D eigenvalue weighted by Gasteiger charge is 2.47. The lowest BCUT2D eigenvalue weighted by molar-refractivity contribution is -0.182. The van der Waals surface area contributed by atoms with Gasteiger partial charge in [-0.2, -0.15) is 13.2 Å². The number of fused-ring (bicyclic) bond motifs is 3. The molecule has 0 bridgehead atoms. The highest BCUT2D eigenvalue weighted by Crippen LogP contribution is 2.44. The quantitative estimate of drug-likeness (QED) is 0.535. The fraction of sp³-hybridized carbons (Fsp3) is 0.348. The Morgan fingerprint density at radius 1 is 1.00 bits per heavy atom. The minimum Gasteiger partial charge on any atom is -0.479 e. The molecule has 2 amide bonds. The molecular weight excluding hydrogens is 457 g/mol. The fourth-order valence-electron chi connectivity index (χ4n) is 3.81. The van der Waals surface area contributed by atoms with Crippen LogP contribution in [0, 0.1) is 0 Å². The normalized spacial score (nSPS) is 15.4. The molecule has 1 aliphatic carbocycles. The van der Waals surface area contributed by atoms with E-state index in [-0.39, 0.29) is 12.5 Å². The molecule has 34 heavy (non-hydrogen) atoms. The van der Waals surface area contributed by atoms with E-state index < -0.39 is 42.3 Å². The number of alkyl halides is 3. The third-order valence-corrected chi connectivity index (χ3v) is 5.60. The summed E-state index contributed by atoms with van der Waals surface area (Å²) in [5.74, 6) is -3.94. The number of hydrogen-bond acceptors (Lipinski definition) is 5. The molecule has 0 spiro atoms. The second kappa shape index (κ2) is 10.1. The summed E-state index contributed by atoms with van der Waals surface area (Å²) < 4.78 is 49.1. The van der Waals surface area contributed by atoms with Crippen LogP contribution >= 0.6 is 0 Å². The molecule has 3 atom stereocenters. The van der Waals surface area contributed by atoms with E-state index in [1.54, 1.807) is 0 Å². The molecule has 1 unspecified atom stereocenters. The van der Waals surface area contributed by atoms with Gasteiger partial charge in [-0.3, -0.25) is 4.79 Å². The van der Waals surface area contributed by atoms with Crippen molar-refractivity contribution in [2.24, 2.45) is 0 Å². The van der Waals surface area contributed by atoms with Crippen molar-refractivity contribution in [1.82, 2.24) is 10.6 Å². The maximum Gasteiger partial charge on any atom is 0.419 e. The van der Waals surface area contributed by atoms with E-state index in [2.05, 4.69) is 5.32 Å². The Balaban J connectivity index is 1.70. The number of alkyl carbamates (subject to hydrolysis) is 1. The van der Waals surface area contributed by atoms with Crippen molar-refractivity contribution < 1.29 is 42.1 Å². The molecule has 0 saturated carbocycles. The Bertz CT molecular complexity index is 1030. The molecule has 3 N–H and O–H groups in total. The Morgan fingerprint density at radius 3 is 2.00 bits per heavy atom. The second-order valence-corrected chi connectivity index (χ2v) is 7.71. The summed E-state index contributed by atoms with van der Waals surface area (Å²) in [5, 5.41) is 12.4. The summed E-state index contributed by atoms with van der Waals surface area (Å²) in [6.07, 6.45) is -7.38. The zero-order valence-corrected chi connectivity index (χ0v) is 18.3. The molecule has 3 rings (SSSR count). The number of carbonyl (C=O) groups excluding carboxylic acids is 2. The first-order valence-corrected chi connectivity index (χ1v) is 10.3. The summed E-state index contributed by atoms with van der Waals surface area (Å²) in [6, 6.07) is 10.5. The highest BCUT2D eigenvalue weighted by molar-refractivity contribution is 5.90. The van der Waals surface area contributed by atoms with E-state index in [0.717, 1.165) is 22.3 Å². The first kappa shape index (κ1) is 25.0. The van der Waals surface area contributed by atoms with Crippen molar-refractivity contribution in [3.05, 3.63) is 59.7 Å². The molecule has 8 nitrogen and oxygen atoms in total. The van der Waals surface area contributed by atoms with Crippen LogP contribution in [0.2, 0.25) is 0 Å². The topological polar surface area (TPSA) is 114 Å². The molecule has 0 radical (unpaired) electrons. The number of benzene rings is 2. The van der Waals surface area contributed by atoms with E-state index in [4.69, 9.17) is 14.6 Å². The molecular formula is C23H23F3N2O6. The van der Waals surface area contributed by atoms with Gasteiger partial charge >= 0.3 is 18.2 Å². The Hall–Kier alpha value is -3.60. The summed E-state index contributed by atoms with van der Waals surface area (Å²) in [7, 11) is 1.18. The summed E-state index contributed by atoms with van der Waals surface area (Å²) in [6.45, 7) is 1.24. The van der Waals surface area contributed by atoms with Gasteiger partial charge in [-0.15, -0.1) is 0 Å². The number of hydrogen-bond donors (Lipinski definition) is 3.